The molecule has 6 nitrogen and oxygen atoms in total. The van der Waals surface area contributed by atoms with Crippen LogP contribution in [0.4, 0.5) is 4.39 Å². The second-order valence-electron chi connectivity index (χ2n) is 15.4. The van der Waals surface area contributed by atoms with E-state index in [0.29, 0.717) is 25.4 Å². The number of unbranched alkanes of at least 4 members (excludes halogenated alkanes) is 1. The molecular formula is C47H60FN3O3. The SMILES string of the molecule is COc1cc2c(cc1OC)C(CCCCN(C)C1CC1)N(CCCC(CCCNC(=O)CCc1ccc(F)cc1)(c1ccccc1)c1ccccc1)CC2. The Bertz CT molecular complexity index is 1710. The largest absolute Gasteiger partial charge is 0.493 e. The average molecular weight is 734 g/mol. The zero-order chi connectivity index (χ0) is 37.8. The van der Waals surface area contributed by atoms with Gasteiger partial charge in [0, 0.05) is 37.0 Å². The van der Waals surface area contributed by atoms with Gasteiger partial charge in [-0.05, 0) is 136 Å². The van der Waals surface area contributed by atoms with Crippen molar-refractivity contribution < 1.29 is 18.7 Å². The molecule has 4 aromatic carbocycles. The standard InChI is InChI=1S/C47H60FN3O3/c1-50(41-24-25-41)31-11-10-18-43-42-35-45(54-3)44(53-2)34-37(42)27-33-51(43)32-13-29-47(38-14-6-4-7-15-38,39-16-8-5-9-17-39)28-12-30-49-46(52)26-21-36-19-22-40(48)23-20-36/h4-9,14-17,19-20,22-23,34-35,41,43H,10-13,18,21,24-33H2,1-3H3,(H,49,52). The molecule has 4 aromatic rings. The highest BCUT2D eigenvalue weighted by atomic mass is 19.1. The zero-order valence-corrected chi connectivity index (χ0v) is 32.7. The van der Waals surface area contributed by atoms with E-state index in [2.05, 4.69) is 95.0 Å². The Kier molecular flexibility index (Phi) is 14.2. The Morgan fingerprint density at radius 2 is 1.50 bits per heavy atom. The van der Waals surface area contributed by atoms with Crippen LogP contribution in [0.1, 0.15) is 98.1 Å². The molecule has 6 rings (SSSR count). The number of benzene rings is 4. The van der Waals surface area contributed by atoms with Crippen molar-refractivity contribution in [1.82, 2.24) is 15.1 Å². The van der Waals surface area contributed by atoms with Crippen molar-refractivity contribution in [2.75, 3.05) is 47.4 Å². The van der Waals surface area contributed by atoms with Crippen LogP contribution in [0.15, 0.2) is 97.1 Å². The Labute approximate surface area is 323 Å². The molecule has 1 aliphatic heterocycles. The molecule has 1 aliphatic carbocycles. The van der Waals surface area contributed by atoms with Crippen LogP contribution in [-0.2, 0) is 23.1 Å². The van der Waals surface area contributed by atoms with E-state index in [0.717, 1.165) is 74.7 Å². The molecule has 0 bridgehead atoms. The molecular weight excluding hydrogens is 674 g/mol. The lowest BCUT2D eigenvalue weighted by molar-refractivity contribution is -0.121. The number of nitrogens with zero attached hydrogens (tertiary/aromatic N) is 2. The summed E-state index contributed by atoms with van der Waals surface area (Å²) in [5.74, 6) is 1.41. The highest BCUT2D eigenvalue weighted by Gasteiger charge is 2.35. The third-order valence-electron chi connectivity index (χ3n) is 11.9. The van der Waals surface area contributed by atoms with Crippen LogP contribution < -0.4 is 14.8 Å². The summed E-state index contributed by atoms with van der Waals surface area (Å²) >= 11 is 0. The van der Waals surface area contributed by atoms with Gasteiger partial charge < -0.3 is 19.7 Å². The summed E-state index contributed by atoms with van der Waals surface area (Å²) in [7, 11) is 5.75. The fraction of sp³-hybridized carbons (Fsp3) is 0.468. The number of halogens is 1. The van der Waals surface area contributed by atoms with E-state index >= 15 is 0 Å². The molecule has 0 aromatic heterocycles. The molecule has 1 heterocycles. The number of hydrogen-bond donors (Lipinski definition) is 1. The number of aryl methyl sites for hydroxylation is 1. The minimum Gasteiger partial charge on any atom is -0.493 e. The predicted octanol–water partition coefficient (Wildman–Crippen LogP) is 9.30. The summed E-state index contributed by atoms with van der Waals surface area (Å²) in [5, 5.41) is 3.18. The normalized spacial score (nSPS) is 15.9. The van der Waals surface area contributed by atoms with Crippen LogP contribution in [0.5, 0.6) is 11.5 Å². The molecule has 1 unspecified atom stereocenters. The van der Waals surface area contributed by atoms with E-state index in [1.807, 2.05) is 0 Å². The van der Waals surface area contributed by atoms with Gasteiger partial charge in [0.1, 0.15) is 5.82 Å². The van der Waals surface area contributed by atoms with Crippen molar-refractivity contribution in [2.24, 2.45) is 0 Å². The molecule has 1 N–H and O–H groups in total. The quantitative estimate of drug-likeness (QED) is 0.0866. The molecule has 2 aliphatic rings. The highest BCUT2D eigenvalue weighted by molar-refractivity contribution is 5.76. The van der Waals surface area contributed by atoms with E-state index in [4.69, 9.17) is 9.47 Å². The first-order chi connectivity index (χ1) is 26.4. The van der Waals surface area contributed by atoms with Crippen molar-refractivity contribution in [3.05, 3.63) is 131 Å². The number of hydrogen-bond acceptors (Lipinski definition) is 5. The maximum Gasteiger partial charge on any atom is 0.220 e. The van der Waals surface area contributed by atoms with E-state index in [9.17, 15) is 9.18 Å². The van der Waals surface area contributed by atoms with Crippen LogP contribution >= 0.6 is 0 Å². The number of ether oxygens (including phenoxy) is 2. The van der Waals surface area contributed by atoms with Gasteiger partial charge in [0.25, 0.3) is 0 Å². The van der Waals surface area contributed by atoms with Gasteiger partial charge >= 0.3 is 0 Å². The topological polar surface area (TPSA) is 54.0 Å². The van der Waals surface area contributed by atoms with Gasteiger partial charge in [-0.15, -0.1) is 0 Å². The number of rotatable bonds is 21. The monoisotopic (exact) mass is 733 g/mol. The van der Waals surface area contributed by atoms with Gasteiger partial charge in [-0.3, -0.25) is 9.69 Å². The molecule has 1 fully saturated rings. The summed E-state index contributed by atoms with van der Waals surface area (Å²) in [6, 6.07) is 34.0. The van der Waals surface area contributed by atoms with Crippen molar-refractivity contribution in [3.63, 3.8) is 0 Å². The number of nitrogens with one attached hydrogen (secondary N) is 1. The Hall–Kier alpha value is -4.20. The minimum absolute atomic E-state index is 0.0363. The highest BCUT2D eigenvalue weighted by Crippen LogP contribution is 2.43. The first-order valence-electron chi connectivity index (χ1n) is 20.2. The van der Waals surface area contributed by atoms with Crippen LogP contribution in [0.25, 0.3) is 0 Å². The van der Waals surface area contributed by atoms with E-state index in [-0.39, 0.29) is 17.1 Å². The van der Waals surface area contributed by atoms with E-state index in [1.54, 1.807) is 26.4 Å². The van der Waals surface area contributed by atoms with Crippen LogP contribution in [0.2, 0.25) is 0 Å². The van der Waals surface area contributed by atoms with Crippen LogP contribution in [0, 0.1) is 5.82 Å². The van der Waals surface area contributed by atoms with Crippen molar-refractivity contribution in [3.8, 4) is 11.5 Å². The Morgan fingerprint density at radius 1 is 0.852 bits per heavy atom. The van der Waals surface area contributed by atoms with Gasteiger partial charge in [0.15, 0.2) is 11.5 Å². The lowest BCUT2D eigenvalue weighted by Gasteiger charge is -2.40. The van der Waals surface area contributed by atoms with E-state index < -0.39 is 0 Å². The van der Waals surface area contributed by atoms with Gasteiger partial charge in [-0.25, -0.2) is 4.39 Å². The second-order valence-corrected chi connectivity index (χ2v) is 15.4. The van der Waals surface area contributed by atoms with Gasteiger partial charge in [-0.2, -0.15) is 0 Å². The minimum atomic E-state index is -0.256. The molecule has 1 saturated carbocycles. The van der Waals surface area contributed by atoms with Crippen molar-refractivity contribution in [2.45, 2.75) is 94.5 Å². The Balaban J connectivity index is 1.15. The number of amides is 1. The number of carbonyl (C=O) groups excluding carboxylic acids is 1. The van der Waals surface area contributed by atoms with Crippen LogP contribution in [-0.4, -0.2) is 69.2 Å². The fourth-order valence-electron chi connectivity index (χ4n) is 8.67. The summed E-state index contributed by atoms with van der Waals surface area (Å²) in [5.41, 5.74) is 6.22. The first kappa shape index (κ1) is 39.5. The average Bonchev–Trinajstić information content (AvgIpc) is 4.07. The number of methoxy groups -OCH3 is 2. The van der Waals surface area contributed by atoms with Crippen molar-refractivity contribution in [1.29, 1.82) is 0 Å². The van der Waals surface area contributed by atoms with Crippen LogP contribution in [0.3, 0.4) is 0 Å². The maximum absolute atomic E-state index is 13.3. The number of carbonyl (C=O) groups is 1. The lowest BCUT2D eigenvalue weighted by Crippen LogP contribution is -2.38. The van der Waals surface area contributed by atoms with Gasteiger partial charge in [0.05, 0.1) is 14.2 Å². The summed E-state index contributed by atoms with van der Waals surface area (Å²) < 4.78 is 24.9. The number of fused-ring (bicyclic) bond motifs is 1. The smallest absolute Gasteiger partial charge is 0.220 e. The summed E-state index contributed by atoms with van der Waals surface area (Å²) in [6.45, 7) is 3.84. The molecule has 0 saturated heterocycles. The molecule has 7 heteroatoms. The van der Waals surface area contributed by atoms with E-state index in [1.165, 1.54) is 66.6 Å². The molecule has 0 radical (unpaired) electrons. The summed E-state index contributed by atoms with van der Waals surface area (Å²) in [6.07, 6.45) is 12.1. The predicted molar refractivity (Wildman–Crippen MR) is 217 cm³/mol. The lowest BCUT2D eigenvalue weighted by atomic mass is 9.68. The maximum atomic E-state index is 13.3. The first-order valence-corrected chi connectivity index (χ1v) is 20.2. The van der Waals surface area contributed by atoms with Crippen molar-refractivity contribution >= 4 is 5.91 Å². The molecule has 54 heavy (non-hydrogen) atoms. The molecule has 1 atom stereocenters. The zero-order valence-electron chi connectivity index (χ0n) is 32.7. The van der Waals surface area contributed by atoms with Gasteiger partial charge in [-0.1, -0.05) is 79.2 Å². The fourth-order valence-corrected chi connectivity index (χ4v) is 8.67. The third kappa shape index (κ3) is 10.3. The molecule has 1 amide bonds. The van der Waals surface area contributed by atoms with Gasteiger partial charge in [0.2, 0.25) is 5.91 Å². The third-order valence-corrected chi connectivity index (χ3v) is 11.9. The molecule has 0 spiro atoms. The second kappa shape index (κ2) is 19.4. The summed E-state index contributed by atoms with van der Waals surface area (Å²) in [4.78, 5) is 18.1. The Morgan fingerprint density at radius 3 is 2.15 bits per heavy atom. The molecule has 288 valence electrons.